The van der Waals surface area contributed by atoms with Gasteiger partial charge in [-0.1, -0.05) is 72.5 Å². The lowest BCUT2D eigenvalue weighted by Crippen LogP contribution is -1.90. The van der Waals surface area contributed by atoms with E-state index in [2.05, 4.69) is 67.7 Å². The minimum Gasteiger partial charge on any atom is -0.106 e. The summed E-state index contributed by atoms with van der Waals surface area (Å²) in [5, 5.41) is 0. The van der Waals surface area contributed by atoms with Crippen LogP contribution >= 0.6 is 0 Å². The van der Waals surface area contributed by atoms with Crippen molar-refractivity contribution in [1.29, 1.82) is 0 Å². The summed E-state index contributed by atoms with van der Waals surface area (Å²) in [5.74, 6) is 1.52. The number of unbranched alkanes of at least 4 members (excludes halogenated alkanes) is 2. The first-order valence-corrected chi connectivity index (χ1v) is 7.12. The van der Waals surface area contributed by atoms with Gasteiger partial charge in [-0.25, -0.2) is 0 Å². The molecule has 0 aromatic heterocycles. The summed E-state index contributed by atoms with van der Waals surface area (Å²) in [6.45, 7) is 21.6. The molecule has 0 saturated heterocycles. The average molecular weight is 240 g/mol. The predicted octanol–water partition coefficient (Wildman–Crippen LogP) is 6.63. The topological polar surface area (TPSA) is 0 Å². The maximum Gasteiger partial charge on any atom is -0.0263 e. The molecule has 0 heteroatoms. The van der Waals surface area contributed by atoms with Crippen LogP contribution in [0.25, 0.3) is 0 Å². The van der Waals surface area contributed by atoms with E-state index in [-0.39, 0.29) is 0 Å². The van der Waals surface area contributed by atoms with E-state index in [0.717, 1.165) is 11.8 Å². The normalized spacial score (nSPS) is 10.5. The van der Waals surface area contributed by atoms with Crippen molar-refractivity contribution in [2.45, 2.75) is 74.1 Å². The minimum atomic E-state index is 0.721. The van der Waals surface area contributed by atoms with Gasteiger partial charge in [0, 0.05) is 0 Å². The molecule has 0 rings (SSSR count). The molecule has 0 aromatic carbocycles. The van der Waals surface area contributed by atoms with Crippen molar-refractivity contribution in [3.8, 4) is 0 Å². The summed E-state index contributed by atoms with van der Waals surface area (Å²) in [6, 6.07) is 0. The summed E-state index contributed by atoms with van der Waals surface area (Å²) in [6.07, 6.45) is 7.66. The van der Waals surface area contributed by atoms with Gasteiger partial charge in [-0.2, -0.15) is 0 Å². The van der Waals surface area contributed by atoms with Crippen molar-refractivity contribution in [2.75, 3.05) is 0 Å². The lowest BCUT2D eigenvalue weighted by atomic mass is 10.0. The minimum absolute atomic E-state index is 0.721. The average Bonchev–Trinajstić information content (AvgIpc) is 2.30. The summed E-state index contributed by atoms with van der Waals surface area (Å²) in [5.41, 5.74) is 1.52. The fraction of sp³-hybridized carbons (Fsp3) is 0.765. The van der Waals surface area contributed by atoms with Crippen molar-refractivity contribution in [3.63, 3.8) is 0 Å². The van der Waals surface area contributed by atoms with Crippen molar-refractivity contribution < 1.29 is 0 Å². The summed E-state index contributed by atoms with van der Waals surface area (Å²) >= 11 is 0. The van der Waals surface area contributed by atoms with E-state index < -0.39 is 0 Å². The first-order valence-electron chi connectivity index (χ1n) is 7.12. The van der Waals surface area contributed by atoms with E-state index in [1.165, 1.54) is 31.3 Å². The highest BCUT2D eigenvalue weighted by Crippen LogP contribution is 2.11. The predicted molar refractivity (Wildman–Crippen MR) is 84.5 cm³/mol. The zero-order valence-corrected chi connectivity index (χ0v) is 13.5. The molecule has 0 aliphatic rings. The lowest BCUT2D eigenvalue weighted by molar-refractivity contribution is 0.651. The Kier molecular flexibility index (Phi) is 22.8. The van der Waals surface area contributed by atoms with Gasteiger partial charge < -0.3 is 0 Å². The number of allylic oxidation sites excluding steroid dienone is 2. The molecule has 0 saturated carbocycles. The Balaban J connectivity index is -0.000000236. The van der Waals surface area contributed by atoms with E-state index >= 15 is 0 Å². The molecule has 17 heavy (non-hydrogen) atoms. The number of hydrogen-bond donors (Lipinski definition) is 0. The summed E-state index contributed by atoms with van der Waals surface area (Å²) in [4.78, 5) is 0. The molecule has 0 aliphatic heterocycles. The maximum atomic E-state index is 3.00. The third kappa shape index (κ3) is 25.6. The Morgan fingerprint density at radius 1 is 1.00 bits per heavy atom. The van der Waals surface area contributed by atoms with Gasteiger partial charge in [0.25, 0.3) is 0 Å². The summed E-state index contributed by atoms with van der Waals surface area (Å²) < 4.78 is 0. The van der Waals surface area contributed by atoms with Crippen LogP contribution in [0.15, 0.2) is 24.8 Å². The van der Waals surface area contributed by atoms with E-state index in [4.69, 9.17) is 0 Å². The first kappa shape index (κ1) is 21.7. The monoisotopic (exact) mass is 240 g/mol. The molecule has 104 valence electrons. The van der Waals surface area contributed by atoms with E-state index in [1.54, 1.807) is 0 Å². The van der Waals surface area contributed by atoms with Crippen molar-refractivity contribution in [2.24, 2.45) is 11.8 Å². The molecule has 0 aliphatic carbocycles. The smallest absolute Gasteiger partial charge is 0.0263 e. The van der Waals surface area contributed by atoms with Gasteiger partial charge in [-0.05, 0) is 25.2 Å². The fourth-order valence-corrected chi connectivity index (χ4v) is 1.01. The second-order valence-corrected chi connectivity index (χ2v) is 5.09. The molecule has 0 heterocycles. The van der Waals surface area contributed by atoms with Crippen molar-refractivity contribution in [1.82, 2.24) is 0 Å². The highest BCUT2D eigenvalue weighted by Gasteiger charge is 1.95. The van der Waals surface area contributed by atoms with Gasteiger partial charge in [0.15, 0.2) is 0 Å². The van der Waals surface area contributed by atoms with Gasteiger partial charge >= 0.3 is 0 Å². The zero-order valence-electron chi connectivity index (χ0n) is 13.5. The van der Waals surface area contributed by atoms with E-state index in [1.807, 2.05) is 0 Å². The molecule has 0 bridgehead atoms. The quantitative estimate of drug-likeness (QED) is 0.473. The molecule has 0 radical (unpaired) electrons. The molecule has 0 unspecified atom stereocenters. The SMILES string of the molecule is C/C(=C\CC(C)C)C(C)C.C=C.CCCCC. The molecule has 0 spiro atoms. The third-order valence-electron chi connectivity index (χ3n) is 2.53. The van der Waals surface area contributed by atoms with E-state index in [9.17, 15) is 0 Å². The third-order valence-corrected chi connectivity index (χ3v) is 2.53. The first-order chi connectivity index (χ1) is 7.95. The largest absolute Gasteiger partial charge is 0.106 e. The Hall–Kier alpha value is -0.520. The van der Waals surface area contributed by atoms with Crippen LogP contribution in [0.5, 0.6) is 0 Å². The standard InChI is InChI=1S/C10H20.C5H12.C2H4/c1-8(2)6-7-10(5)9(3)4;1-3-5-4-2;1-2/h7-9H,6H2,1-5H3;3-5H2,1-2H3;1-2H2/b10-7+;;. The van der Waals surface area contributed by atoms with Crippen LogP contribution in [0, 0.1) is 11.8 Å². The van der Waals surface area contributed by atoms with Gasteiger partial charge in [0.2, 0.25) is 0 Å². The van der Waals surface area contributed by atoms with Gasteiger partial charge in [0.05, 0.1) is 0 Å². The zero-order chi connectivity index (χ0) is 14.3. The van der Waals surface area contributed by atoms with E-state index in [0.29, 0.717) is 0 Å². The van der Waals surface area contributed by atoms with Gasteiger partial charge in [0.1, 0.15) is 0 Å². The molecule has 0 atom stereocenters. The van der Waals surface area contributed by atoms with Crippen LogP contribution in [0.1, 0.15) is 74.1 Å². The van der Waals surface area contributed by atoms with Crippen LogP contribution in [0.4, 0.5) is 0 Å². The van der Waals surface area contributed by atoms with Crippen LogP contribution in [-0.2, 0) is 0 Å². The van der Waals surface area contributed by atoms with Crippen LogP contribution in [-0.4, -0.2) is 0 Å². The summed E-state index contributed by atoms with van der Waals surface area (Å²) in [7, 11) is 0. The molecular weight excluding hydrogens is 204 g/mol. The maximum absolute atomic E-state index is 3.00. The van der Waals surface area contributed by atoms with Crippen molar-refractivity contribution in [3.05, 3.63) is 24.8 Å². The fourth-order valence-electron chi connectivity index (χ4n) is 1.01. The number of rotatable bonds is 5. The molecule has 0 aromatic rings. The molecule has 0 amide bonds. The molecular formula is C17H36. The van der Waals surface area contributed by atoms with Gasteiger partial charge in [-0.15, -0.1) is 13.2 Å². The Morgan fingerprint density at radius 3 is 1.59 bits per heavy atom. The molecule has 0 N–H and O–H groups in total. The lowest BCUT2D eigenvalue weighted by Gasteiger charge is -2.05. The Bertz CT molecular complexity index is 149. The Morgan fingerprint density at radius 2 is 1.41 bits per heavy atom. The van der Waals surface area contributed by atoms with Crippen LogP contribution in [0.2, 0.25) is 0 Å². The number of hydrogen-bond acceptors (Lipinski definition) is 0. The van der Waals surface area contributed by atoms with Crippen LogP contribution < -0.4 is 0 Å². The van der Waals surface area contributed by atoms with Crippen LogP contribution in [0.3, 0.4) is 0 Å². The highest BCUT2D eigenvalue weighted by atomic mass is 14.0. The highest BCUT2D eigenvalue weighted by molar-refractivity contribution is 5.00. The Labute approximate surface area is 111 Å². The molecule has 0 nitrogen and oxygen atoms in total. The second-order valence-electron chi connectivity index (χ2n) is 5.09. The van der Waals surface area contributed by atoms with Gasteiger partial charge in [-0.3, -0.25) is 0 Å². The second kappa shape index (κ2) is 17.9. The van der Waals surface area contributed by atoms with Crippen molar-refractivity contribution >= 4 is 0 Å². The molecule has 0 fully saturated rings.